The zero-order valence-electron chi connectivity index (χ0n) is 14.4. The van der Waals surface area contributed by atoms with Crippen LogP contribution in [-0.4, -0.2) is 15.0 Å². The summed E-state index contributed by atoms with van der Waals surface area (Å²) in [4.78, 5) is 16.6. The third kappa shape index (κ3) is 2.96. The van der Waals surface area contributed by atoms with E-state index in [-0.39, 0.29) is 11.6 Å². The molecule has 6 heteroatoms. The number of benzene rings is 2. The summed E-state index contributed by atoms with van der Waals surface area (Å²) in [5.41, 5.74) is 10.6. The molecule has 0 amide bonds. The minimum Gasteiger partial charge on any atom is -0.385 e. The molecule has 5 nitrogen and oxygen atoms in total. The Bertz CT molecular complexity index is 1210. The van der Waals surface area contributed by atoms with Crippen LogP contribution in [0.15, 0.2) is 54.9 Å². The molecule has 4 rings (SSSR count). The Morgan fingerprint density at radius 1 is 1.00 bits per heavy atom. The molecule has 130 valence electrons. The largest absolute Gasteiger partial charge is 0.385 e. The van der Waals surface area contributed by atoms with E-state index in [0.29, 0.717) is 22.5 Å². The van der Waals surface area contributed by atoms with E-state index in [2.05, 4.69) is 19.8 Å². The van der Waals surface area contributed by atoms with Gasteiger partial charge in [0.15, 0.2) is 0 Å². The fourth-order valence-corrected chi connectivity index (χ4v) is 3.08. The van der Waals surface area contributed by atoms with Crippen LogP contribution in [0, 0.1) is 19.3 Å². The zero-order valence-corrected chi connectivity index (χ0v) is 14.4. The second kappa shape index (κ2) is 6.46. The van der Waals surface area contributed by atoms with Gasteiger partial charge in [0.2, 0.25) is 5.69 Å². The molecule has 27 heavy (non-hydrogen) atoms. The summed E-state index contributed by atoms with van der Waals surface area (Å²) in [7, 11) is 0. The van der Waals surface area contributed by atoms with Gasteiger partial charge in [-0.3, -0.25) is 0 Å². The van der Waals surface area contributed by atoms with Crippen LogP contribution in [-0.2, 0) is 0 Å². The van der Waals surface area contributed by atoms with E-state index >= 15 is 0 Å². The van der Waals surface area contributed by atoms with Gasteiger partial charge in [-0.1, -0.05) is 6.07 Å². The molecule has 0 atom stereocenters. The van der Waals surface area contributed by atoms with Crippen molar-refractivity contribution in [1.29, 1.82) is 0 Å². The Labute approximate surface area is 155 Å². The van der Waals surface area contributed by atoms with Gasteiger partial charge in [0.1, 0.15) is 18.0 Å². The summed E-state index contributed by atoms with van der Waals surface area (Å²) in [6, 6.07) is 13.3. The maximum Gasteiger partial charge on any atom is 0.200 e. The molecule has 0 saturated heterocycles. The third-order valence-corrected chi connectivity index (χ3v) is 4.38. The van der Waals surface area contributed by atoms with Gasteiger partial charge in [0.25, 0.3) is 0 Å². The molecular weight excluding hydrogens is 341 g/mol. The normalized spacial score (nSPS) is 10.7. The predicted molar refractivity (Wildman–Crippen MR) is 104 cm³/mol. The molecule has 0 aliphatic heterocycles. The van der Waals surface area contributed by atoms with E-state index in [1.54, 1.807) is 18.2 Å². The minimum atomic E-state index is -0.340. The Balaban J connectivity index is 2.03. The molecule has 0 unspecified atom stereocenters. The van der Waals surface area contributed by atoms with Gasteiger partial charge < -0.3 is 5.73 Å². The van der Waals surface area contributed by atoms with Crippen molar-refractivity contribution in [3.8, 4) is 22.4 Å². The lowest BCUT2D eigenvalue weighted by Crippen LogP contribution is -1.96. The number of aryl methyl sites for hydroxylation is 1. The number of hydrogen-bond donors (Lipinski definition) is 1. The molecule has 2 heterocycles. The molecule has 4 aromatic rings. The Hall–Kier alpha value is -3.85. The Morgan fingerprint density at radius 3 is 2.48 bits per heavy atom. The third-order valence-electron chi connectivity index (χ3n) is 4.38. The lowest BCUT2D eigenvalue weighted by Gasteiger charge is -2.13. The van der Waals surface area contributed by atoms with Gasteiger partial charge in [0, 0.05) is 16.6 Å². The van der Waals surface area contributed by atoms with Crippen molar-refractivity contribution in [3.63, 3.8) is 0 Å². The second-order valence-electron chi connectivity index (χ2n) is 6.10. The van der Waals surface area contributed by atoms with Crippen LogP contribution in [0.2, 0.25) is 0 Å². The van der Waals surface area contributed by atoms with Gasteiger partial charge in [-0.25, -0.2) is 24.2 Å². The minimum absolute atomic E-state index is 0.240. The molecule has 0 bridgehead atoms. The standard InChI is InChI=1S/C21H14FN5/c1-12-16-9-14(5-8-17(16)26-11-25-12)20-18(24-2)10-19(23)27-21(20)13-3-6-15(22)7-4-13/h3-11H,1H3,(H2,23,27). The summed E-state index contributed by atoms with van der Waals surface area (Å²) in [6.07, 6.45) is 1.52. The summed E-state index contributed by atoms with van der Waals surface area (Å²) in [6.45, 7) is 9.49. The monoisotopic (exact) mass is 355 g/mol. The Morgan fingerprint density at radius 2 is 1.74 bits per heavy atom. The molecule has 0 radical (unpaired) electrons. The fourth-order valence-electron chi connectivity index (χ4n) is 3.08. The van der Waals surface area contributed by atoms with Crippen molar-refractivity contribution < 1.29 is 4.39 Å². The van der Waals surface area contributed by atoms with Crippen LogP contribution >= 0.6 is 0 Å². The van der Waals surface area contributed by atoms with Gasteiger partial charge in [-0.15, -0.1) is 0 Å². The van der Waals surface area contributed by atoms with E-state index < -0.39 is 0 Å². The highest BCUT2D eigenvalue weighted by atomic mass is 19.1. The van der Waals surface area contributed by atoms with Gasteiger partial charge in [-0.05, 0) is 60.5 Å². The van der Waals surface area contributed by atoms with Crippen LogP contribution in [0.5, 0.6) is 0 Å². The number of aromatic nitrogens is 3. The number of nitrogen functional groups attached to an aromatic ring is 1. The lowest BCUT2D eigenvalue weighted by molar-refractivity contribution is 0.628. The lowest BCUT2D eigenvalue weighted by atomic mass is 9.96. The molecule has 2 aromatic heterocycles. The van der Waals surface area contributed by atoms with E-state index in [1.807, 2.05) is 25.1 Å². The molecule has 2 N–H and O–H groups in total. The first-order valence-corrected chi connectivity index (χ1v) is 8.22. The van der Waals surface area contributed by atoms with Gasteiger partial charge >= 0.3 is 0 Å². The van der Waals surface area contributed by atoms with Crippen molar-refractivity contribution in [2.24, 2.45) is 0 Å². The SMILES string of the molecule is [C-]#[N+]c1cc(N)nc(-c2ccc(F)cc2)c1-c1ccc2ncnc(C)c2c1. The first-order valence-electron chi connectivity index (χ1n) is 8.22. The molecule has 0 aliphatic carbocycles. The van der Waals surface area contributed by atoms with Crippen molar-refractivity contribution in [2.75, 3.05) is 5.73 Å². The zero-order chi connectivity index (χ0) is 19.0. The highest BCUT2D eigenvalue weighted by Crippen LogP contribution is 2.40. The molecule has 2 aromatic carbocycles. The average molecular weight is 355 g/mol. The summed E-state index contributed by atoms with van der Waals surface area (Å²) in [5.74, 6) is -0.0996. The smallest absolute Gasteiger partial charge is 0.200 e. The fraction of sp³-hybridized carbons (Fsp3) is 0.0476. The van der Waals surface area contributed by atoms with Crippen LogP contribution < -0.4 is 5.73 Å². The first kappa shape index (κ1) is 16.6. The van der Waals surface area contributed by atoms with Crippen molar-refractivity contribution in [3.05, 3.63) is 77.8 Å². The van der Waals surface area contributed by atoms with E-state index in [0.717, 1.165) is 22.2 Å². The van der Waals surface area contributed by atoms with Crippen molar-refractivity contribution >= 4 is 22.4 Å². The van der Waals surface area contributed by atoms with Gasteiger partial charge in [0.05, 0.1) is 17.8 Å². The van der Waals surface area contributed by atoms with E-state index in [4.69, 9.17) is 12.3 Å². The molecule has 0 spiro atoms. The Kier molecular flexibility index (Phi) is 3.98. The van der Waals surface area contributed by atoms with Crippen molar-refractivity contribution in [2.45, 2.75) is 6.92 Å². The molecule has 0 fully saturated rings. The maximum absolute atomic E-state index is 13.4. The molecule has 0 aliphatic rings. The predicted octanol–water partition coefficient (Wildman–Crippen LogP) is 4.94. The molecule has 0 saturated carbocycles. The van der Waals surface area contributed by atoms with Crippen LogP contribution in [0.25, 0.3) is 38.1 Å². The first-order chi connectivity index (χ1) is 13.1. The average Bonchev–Trinajstić information content (AvgIpc) is 2.68. The van der Waals surface area contributed by atoms with Crippen LogP contribution in [0.4, 0.5) is 15.9 Å². The number of hydrogen-bond acceptors (Lipinski definition) is 4. The van der Waals surface area contributed by atoms with Crippen LogP contribution in [0.1, 0.15) is 5.69 Å². The summed E-state index contributed by atoms with van der Waals surface area (Å²) >= 11 is 0. The molecular formula is C21H14FN5. The number of rotatable bonds is 2. The maximum atomic E-state index is 13.4. The summed E-state index contributed by atoms with van der Waals surface area (Å²) < 4.78 is 13.4. The number of fused-ring (bicyclic) bond motifs is 1. The van der Waals surface area contributed by atoms with E-state index in [1.165, 1.54) is 18.5 Å². The topological polar surface area (TPSA) is 69.0 Å². The quantitative estimate of drug-likeness (QED) is 0.517. The highest BCUT2D eigenvalue weighted by Gasteiger charge is 2.17. The summed E-state index contributed by atoms with van der Waals surface area (Å²) in [5, 5.41) is 0.896. The number of nitrogens with zero attached hydrogens (tertiary/aromatic N) is 4. The number of halogens is 1. The highest BCUT2D eigenvalue weighted by molar-refractivity contribution is 5.95. The second-order valence-corrected chi connectivity index (χ2v) is 6.10. The number of anilines is 1. The van der Waals surface area contributed by atoms with Crippen molar-refractivity contribution in [1.82, 2.24) is 15.0 Å². The van der Waals surface area contributed by atoms with E-state index in [9.17, 15) is 4.39 Å². The number of pyridine rings is 1. The number of nitrogens with two attached hydrogens (primary N) is 1. The van der Waals surface area contributed by atoms with Crippen LogP contribution in [0.3, 0.4) is 0 Å². The van der Waals surface area contributed by atoms with Gasteiger partial charge in [-0.2, -0.15) is 0 Å².